The summed E-state index contributed by atoms with van der Waals surface area (Å²) in [5.74, 6) is 0. The second-order valence-electron chi connectivity index (χ2n) is 6.85. The van der Waals surface area contributed by atoms with Crippen molar-refractivity contribution in [1.82, 2.24) is 5.32 Å². The minimum atomic E-state index is 0.617. The first-order valence-corrected chi connectivity index (χ1v) is 9.35. The van der Waals surface area contributed by atoms with E-state index in [2.05, 4.69) is 18.3 Å². The Labute approximate surface area is 132 Å². The Hall–Kier alpha value is -0.0500. The van der Waals surface area contributed by atoms with Gasteiger partial charge in [0, 0.05) is 10.9 Å². The van der Waals surface area contributed by atoms with Gasteiger partial charge in [0.2, 0.25) is 0 Å². The van der Waals surface area contributed by atoms with E-state index in [-0.39, 0.29) is 0 Å². The number of halogens is 1. The molecule has 20 heavy (non-hydrogen) atoms. The first-order valence-electron chi connectivity index (χ1n) is 8.15. The van der Waals surface area contributed by atoms with Crippen LogP contribution in [0.5, 0.6) is 0 Å². The molecule has 2 aliphatic rings. The molecule has 0 spiro atoms. The van der Waals surface area contributed by atoms with Gasteiger partial charge in [0.15, 0.2) is 0 Å². The summed E-state index contributed by atoms with van der Waals surface area (Å²) in [6, 6.07) is 3.14. The number of rotatable bonds is 7. The molecule has 2 aliphatic carbocycles. The zero-order valence-electron chi connectivity index (χ0n) is 12.5. The van der Waals surface area contributed by atoms with Gasteiger partial charge >= 0.3 is 0 Å². The highest BCUT2D eigenvalue weighted by atomic mass is 35.5. The zero-order chi connectivity index (χ0) is 14.0. The molecule has 0 saturated heterocycles. The van der Waals surface area contributed by atoms with E-state index in [0.29, 0.717) is 5.41 Å². The van der Waals surface area contributed by atoms with Crippen LogP contribution in [0.4, 0.5) is 0 Å². The molecule has 1 aromatic rings. The Kier molecular flexibility index (Phi) is 4.74. The van der Waals surface area contributed by atoms with Gasteiger partial charge in [-0.05, 0) is 75.5 Å². The van der Waals surface area contributed by atoms with E-state index in [4.69, 9.17) is 11.6 Å². The molecule has 1 N–H and O–H groups in total. The number of aryl methyl sites for hydroxylation is 2. The van der Waals surface area contributed by atoms with Crippen molar-refractivity contribution in [3.05, 3.63) is 20.8 Å². The molecule has 1 nitrogen and oxygen atoms in total. The van der Waals surface area contributed by atoms with Gasteiger partial charge in [-0.15, -0.1) is 11.3 Å². The van der Waals surface area contributed by atoms with Crippen molar-refractivity contribution in [2.24, 2.45) is 5.41 Å². The van der Waals surface area contributed by atoms with Gasteiger partial charge in [0.1, 0.15) is 0 Å². The molecule has 0 atom stereocenters. The van der Waals surface area contributed by atoms with Gasteiger partial charge in [-0.25, -0.2) is 0 Å². The Balaban J connectivity index is 1.52. The minimum absolute atomic E-state index is 0.617. The van der Waals surface area contributed by atoms with Gasteiger partial charge in [0.05, 0.1) is 4.34 Å². The highest BCUT2D eigenvalue weighted by Crippen LogP contribution is 2.45. The summed E-state index contributed by atoms with van der Waals surface area (Å²) in [4.78, 5) is 1.48. The third-order valence-corrected chi connectivity index (χ3v) is 6.75. The molecular formula is C17H26ClNS. The maximum absolute atomic E-state index is 6.19. The molecule has 0 bridgehead atoms. The van der Waals surface area contributed by atoms with Crippen molar-refractivity contribution in [1.29, 1.82) is 0 Å². The largest absolute Gasteiger partial charge is 0.314 e. The normalized spacial score (nSPS) is 21.5. The SMILES string of the molecule is Cc1cc(CCC2(CCNC3CC3)CCCC2)sc1Cl. The Bertz CT molecular complexity index is 424. The molecule has 2 fully saturated rings. The molecule has 0 unspecified atom stereocenters. The predicted molar refractivity (Wildman–Crippen MR) is 88.9 cm³/mol. The maximum Gasteiger partial charge on any atom is 0.0960 e. The van der Waals surface area contributed by atoms with Crippen molar-refractivity contribution in [3.63, 3.8) is 0 Å². The van der Waals surface area contributed by atoms with E-state index >= 15 is 0 Å². The molecule has 3 heteroatoms. The molecule has 112 valence electrons. The number of hydrogen-bond donors (Lipinski definition) is 1. The van der Waals surface area contributed by atoms with Crippen molar-refractivity contribution in [2.75, 3.05) is 6.54 Å². The second-order valence-corrected chi connectivity index (χ2v) is 8.59. The third-order valence-electron chi connectivity index (χ3n) is 5.14. The fourth-order valence-corrected chi connectivity index (χ4v) is 4.86. The predicted octanol–water partition coefficient (Wildman–Crippen LogP) is 5.35. The lowest BCUT2D eigenvalue weighted by Gasteiger charge is -2.29. The summed E-state index contributed by atoms with van der Waals surface area (Å²) in [5.41, 5.74) is 1.87. The summed E-state index contributed by atoms with van der Waals surface area (Å²) in [6.45, 7) is 3.35. The van der Waals surface area contributed by atoms with Crippen LogP contribution in [0.3, 0.4) is 0 Å². The summed E-state index contributed by atoms with van der Waals surface area (Å²) in [6.07, 6.45) is 12.5. The molecule has 2 saturated carbocycles. The van der Waals surface area contributed by atoms with E-state index in [1.165, 1.54) is 74.8 Å². The zero-order valence-corrected chi connectivity index (χ0v) is 14.1. The molecule has 1 aromatic heterocycles. The summed E-state index contributed by atoms with van der Waals surface area (Å²) in [5, 5.41) is 3.70. The highest BCUT2D eigenvalue weighted by molar-refractivity contribution is 7.16. The molecule has 0 radical (unpaired) electrons. The lowest BCUT2D eigenvalue weighted by Crippen LogP contribution is -2.26. The van der Waals surface area contributed by atoms with E-state index in [1.807, 2.05) is 0 Å². The van der Waals surface area contributed by atoms with E-state index in [1.54, 1.807) is 11.3 Å². The van der Waals surface area contributed by atoms with Crippen LogP contribution < -0.4 is 5.32 Å². The van der Waals surface area contributed by atoms with E-state index in [0.717, 1.165) is 10.4 Å². The average molecular weight is 312 g/mol. The van der Waals surface area contributed by atoms with Gasteiger partial charge in [0.25, 0.3) is 0 Å². The lowest BCUT2D eigenvalue weighted by molar-refractivity contribution is 0.245. The fraction of sp³-hybridized carbons (Fsp3) is 0.765. The number of nitrogens with one attached hydrogen (secondary N) is 1. The Morgan fingerprint density at radius 2 is 2.05 bits per heavy atom. The Morgan fingerprint density at radius 1 is 1.30 bits per heavy atom. The van der Waals surface area contributed by atoms with Crippen LogP contribution in [-0.2, 0) is 6.42 Å². The van der Waals surface area contributed by atoms with E-state index < -0.39 is 0 Å². The van der Waals surface area contributed by atoms with Crippen LogP contribution >= 0.6 is 22.9 Å². The molecule has 1 heterocycles. The summed E-state index contributed by atoms with van der Waals surface area (Å²) in [7, 11) is 0. The van der Waals surface area contributed by atoms with Crippen LogP contribution in [0.2, 0.25) is 4.34 Å². The molecule has 0 aliphatic heterocycles. The molecule has 0 aromatic carbocycles. The minimum Gasteiger partial charge on any atom is -0.314 e. The van der Waals surface area contributed by atoms with Gasteiger partial charge < -0.3 is 5.32 Å². The van der Waals surface area contributed by atoms with Gasteiger partial charge in [-0.2, -0.15) is 0 Å². The quantitative estimate of drug-likeness (QED) is 0.716. The van der Waals surface area contributed by atoms with Crippen molar-refractivity contribution in [3.8, 4) is 0 Å². The average Bonchev–Trinajstić information content (AvgIpc) is 3.03. The topological polar surface area (TPSA) is 12.0 Å². The molecule has 3 rings (SSSR count). The summed E-state index contributed by atoms with van der Waals surface area (Å²) >= 11 is 7.98. The molecular weight excluding hydrogens is 286 g/mol. The standard InChI is InChI=1S/C17H26ClNS/c1-13-12-15(20-16(13)18)6-9-17(7-2-3-8-17)10-11-19-14-4-5-14/h12,14,19H,2-11H2,1H3. The monoisotopic (exact) mass is 311 g/mol. The number of hydrogen-bond acceptors (Lipinski definition) is 2. The Morgan fingerprint density at radius 3 is 2.65 bits per heavy atom. The van der Waals surface area contributed by atoms with Crippen LogP contribution in [0.15, 0.2) is 6.07 Å². The smallest absolute Gasteiger partial charge is 0.0960 e. The summed E-state index contributed by atoms with van der Waals surface area (Å²) < 4.78 is 0.982. The fourth-order valence-electron chi connectivity index (χ4n) is 3.61. The van der Waals surface area contributed by atoms with E-state index in [9.17, 15) is 0 Å². The van der Waals surface area contributed by atoms with Crippen LogP contribution in [0, 0.1) is 12.3 Å². The van der Waals surface area contributed by atoms with Gasteiger partial charge in [-0.3, -0.25) is 0 Å². The maximum atomic E-state index is 6.19. The first kappa shape index (κ1) is 14.9. The third kappa shape index (κ3) is 3.78. The number of thiophene rings is 1. The second kappa shape index (κ2) is 6.37. The first-order chi connectivity index (χ1) is 9.67. The van der Waals surface area contributed by atoms with Crippen LogP contribution in [-0.4, -0.2) is 12.6 Å². The van der Waals surface area contributed by atoms with Crippen molar-refractivity contribution in [2.45, 2.75) is 70.8 Å². The lowest BCUT2D eigenvalue weighted by atomic mass is 9.78. The van der Waals surface area contributed by atoms with Crippen LogP contribution in [0.1, 0.15) is 61.8 Å². The van der Waals surface area contributed by atoms with Crippen LogP contribution in [0.25, 0.3) is 0 Å². The molecule has 0 amide bonds. The van der Waals surface area contributed by atoms with Crippen molar-refractivity contribution < 1.29 is 0 Å². The highest BCUT2D eigenvalue weighted by Gasteiger charge is 2.33. The van der Waals surface area contributed by atoms with Crippen molar-refractivity contribution >= 4 is 22.9 Å². The van der Waals surface area contributed by atoms with Gasteiger partial charge in [-0.1, -0.05) is 24.4 Å².